The fourth-order valence-electron chi connectivity index (χ4n) is 2.45. The molecule has 106 valence electrons. The van der Waals surface area contributed by atoms with E-state index in [1.165, 1.54) is 4.90 Å². The fraction of sp³-hybridized carbons (Fsp3) is 0.357. The smallest absolute Gasteiger partial charge is 0.326 e. The molecule has 1 atom stereocenters. The van der Waals surface area contributed by atoms with E-state index in [1.807, 2.05) is 6.07 Å². The Hall–Kier alpha value is -1.95. The molecule has 1 saturated heterocycles. The van der Waals surface area contributed by atoms with Crippen molar-refractivity contribution in [1.29, 1.82) is 0 Å². The van der Waals surface area contributed by atoms with Crippen molar-refractivity contribution in [2.24, 2.45) is 5.73 Å². The summed E-state index contributed by atoms with van der Waals surface area (Å²) in [5.41, 5.74) is 6.83. The molecule has 6 heteroatoms. The van der Waals surface area contributed by atoms with Gasteiger partial charge in [-0.25, -0.2) is 4.79 Å². The molecule has 1 aliphatic rings. The number of amides is 1. The summed E-state index contributed by atoms with van der Waals surface area (Å²) in [7, 11) is 0. The van der Waals surface area contributed by atoms with E-state index in [0.717, 1.165) is 12.0 Å². The second kappa shape index (κ2) is 6.00. The van der Waals surface area contributed by atoms with Crippen LogP contribution in [-0.4, -0.2) is 39.5 Å². The Kier molecular flexibility index (Phi) is 4.34. The molecule has 3 N–H and O–H groups in total. The van der Waals surface area contributed by atoms with E-state index < -0.39 is 12.0 Å². The van der Waals surface area contributed by atoms with E-state index in [4.69, 9.17) is 23.1 Å². The van der Waals surface area contributed by atoms with Gasteiger partial charge >= 0.3 is 5.97 Å². The largest absolute Gasteiger partial charge is 0.480 e. The fourth-order valence-corrected chi connectivity index (χ4v) is 2.61. The number of carboxylic acids is 1. The van der Waals surface area contributed by atoms with Crippen LogP contribution in [0.1, 0.15) is 28.8 Å². The van der Waals surface area contributed by atoms with Crippen LogP contribution in [0.15, 0.2) is 24.3 Å². The third-order valence-electron chi connectivity index (χ3n) is 3.35. The van der Waals surface area contributed by atoms with Crippen molar-refractivity contribution in [2.75, 3.05) is 6.54 Å². The highest BCUT2D eigenvalue weighted by atomic mass is 32.1. The second-order valence-electron chi connectivity index (χ2n) is 4.84. The summed E-state index contributed by atoms with van der Waals surface area (Å²) in [5, 5.41) is 9.13. The van der Waals surface area contributed by atoms with Gasteiger partial charge in [-0.3, -0.25) is 4.79 Å². The molecule has 0 saturated carbocycles. The lowest BCUT2D eigenvalue weighted by Crippen LogP contribution is -2.40. The number of hydrogen-bond donors (Lipinski definition) is 2. The van der Waals surface area contributed by atoms with Crippen molar-refractivity contribution >= 4 is 29.1 Å². The average Bonchev–Trinajstić information content (AvgIpc) is 2.86. The van der Waals surface area contributed by atoms with Crippen LogP contribution >= 0.6 is 12.2 Å². The first-order chi connectivity index (χ1) is 9.49. The topological polar surface area (TPSA) is 83.6 Å². The molecule has 2 rings (SSSR count). The monoisotopic (exact) mass is 292 g/mol. The maximum Gasteiger partial charge on any atom is 0.326 e. The molecular formula is C14H16N2O3S. The van der Waals surface area contributed by atoms with Crippen LogP contribution in [0.25, 0.3) is 0 Å². The van der Waals surface area contributed by atoms with Gasteiger partial charge in [0.15, 0.2) is 0 Å². The number of thiocarbonyl (C=S) groups is 1. The maximum atomic E-state index is 12.4. The van der Waals surface area contributed by atoms with Gasteiger partial charge in [-0.2, -0.15) is 0 Å². The number of rotatable bonds is 4. The highest BCUT2D eigenvalue weighted by Gasteiger charge is 2.34. The Morgan fingerprint density at radius 2 is 2.20 bits per heavy atom. The van der Waals surface area contributed by atoms with Crippen LogP contribution in [0.3, 0.4) is 0 Å². The third kappa shape index (κ3) is 3.14. The molecule has 1 fully saturated rings. The Morgan fingerprint density at radius 1 is 1.45 bits per heavy atom. The lowest BCUT2D eigenvalue weighted by atomic mass is 10.1. The van der Waals surface area contributed by atoms with E-state index in [0.29, 0.717) is 29.9 Å². The first kappa shape index (κ1) is 14.5. The van der Waals surface area contributed by atoms with E-state index in [2.05, 4.69) is 0 Å². The summed E-state index contributed by atoms with van der Waals surface area (Å²) in [5.74, 6) is -1.20. The molecule has 1 aromatic rings. The number of hydrogen-bond acceptors (Lipinski definition) is 3. The number of carbonyl (C=O) groups excluding carboxylic acids is 1. The predicted octanol–water partition coefficient (Wildman–Crippen LogP) is 1.20. The van der Waals surface area contributed by atoms with Gasteiger partial charge in [0, 0.05) is 18.5 Å². The number of nitrogens with zero attached hydrogens (tertiary/aromatic N) is 1. The van der Waals surface area contributed by atoms with Crippen molar-refractivity contribution in [1.82, 2.24) is 4.90 Å². The molecule has 0 aromatic heterocycles. The quantitative estimate of drug-likeness (QED) is 0.815. The molecule has 1 heterocycles. The summed E-state index contributed by atoms with van der Waals surface area (Å²) in [4.78, 5) is 25.3. The van der Waals surface area contributed by atoms with Crippen molar-refractivity contribution < 1.29 is 14.7 Å². The zero-order valence-corrected chi connectivity index (χ0v) is 11.7. The Morgan fingerprint density at radius 3 is 2.85 bits per heavy atom. The molecule has 0 spiro atoms. The van der Waals surface area contributed by atoms with E-state index >= 15 is 0 Å². The zero-order valence-electron chi connectivity index (χ0n) is 10.9. The lowest BCUT2D eigenvalue weighted by Gasteiger charge is -2.21. The molecule has 0 aliphatic carbocycles. The summed E-state index contributed by atoms with van der Waals surface area (Å²) < 4.78 is 0. The first-order valence-electron chi connectivity index (χ1n) is 6.40. The maximum absolute atomic E-state index is 12.4. The lowest BCUT2D eigenvalue weighted by molar-refractivity contribution is -0.141. The van der Waals surface area contributed by atoms with Gasteiger partial charge in [-0.1, -0.05) is 24.4 Å². The number of likely N-dealkylation sites (tertiary alicyclic amines) is 1. The SMILES string of the molecule is NC(=S)Cc1cccc(C(=O)N2CCCC2C(=O)O)c1. The Balaban J connectivity index is 2.20. The molecular weight excluding hydrogens is 276 g/mol. The van der Waals surface area contributed by atoms with E-state index in [9.17, 15) is 9.59 Å². The van der Waals surface area contributed by atoms with Gasteiger partial charge in [0.25, 0.3) is 5.91 Å². The summed E-state index contributed by atoms with van der Waals surface area (Å²) in [6.07, 6.45) is 1.65. The van der Waals surface area contributed by atoms with Crippen molar-refractivity contribution in [3.63, 3.8) is 0 Å². The minimum atomic E-state index is -0.949. The molecule has 1 unspecified atom stereocenters. The summed E-state index contributed by atoms with van der Waals surface area (Å²) in [6.45, 7) is 0.481. The van der Waals surface area contributed by atoms with Gasteiger partial charge in [0.1, 0.15) is 6.04 Å². The number of carbonyl (C=O) groups is 2. The second-order valence-corrected chi connectivity index (χ2v) is 5.36. The molecule has 20 heavy (non-hydrogen) atoms. The van der Waals surface area contributed by atoms with Crippen LogP contribution in [0.2, 0.25) is 0 Å². The molecule has 1 aliphatic heterocycles. The zero-order chi connectivity index (χ0) is 14.7. The minimum absolute atomic E-state index is 0.250. The van der Waals surface area contributed by atoms with Gasteiger partial charge in [0.2, 0.25) is 0 Å². The number of aliphatic carboxylic acids is 1. The molecule has 0 radical (unpaired) electrons. The Bertz CT molecular complexity index is 559. The van der Waals surface area contributed by atoms with E-state index in [-0.39, 0.29) is 5.91 Å². The van der Waals surface area contributed by atoms with Crippen molar-refractivity contribution in [2.45, 2.75) is 25.3 Å². The number of nitrogens with two attached hydrogens (primary N) is 1. The minimum Gasteiger partial charge on any atom is -0.480 e. The van der Waals surface area contributed by atoms with Crippen molar-refractivity contribution in [3.8, 4) is 0 Å². The van der Waals surface area contributed by atoms with Crippen LogP contribution in [0, 0.1) is 0 Å². The molecule has 1 aromatic carbocycles. The van der Waals surface area contributed by atoms with E-state index in [1.54, 1.807) is 18.2 Å². The number of benzene rings is 1. The Labute approximate surface area is 122 Å². The summed E-state index contributed by atoms with van der Waals surface area (Å²) in [6, 6.07) is 6.28. The van der Waals surface area contributed by atoms with Crippen LogP contribution in [0.5, 0.6) is 0 Å². The highest BCUT2D eigenvalue weighted by molar-refractivity contribution is 7.80. The first-order valence-corrected chi connectivity index (χ1v) is 6.81. The van der Waals surface area contributed by atoms with Gasteiger partial charge in [-0.15, -0.1) is 0 Å². The summed E-state index contributed by atoms with van der Waals surface area (Å²) >= 11 is 4.85. The predicted molar refractivity (Wildman–Crippen MR) is 78.6 cm³/mol. The molecule has 5 nitrogen and oxygen atoms in total. The normalized spacial score (nSPS) is 18.0. The number of carboxylic acid groups (broad SMARTS) is 1. The average molecular weight is 292 g/mol. The highest BCUT2D eigenvalue weighted by Crippen LogP contribution is 2.20. The van der Waals surface area contributed by atoms with Crippen LogP contribution in [0.4, 0.5) is 0 Å². The van der Waals surface area contributed by atoms with Gasteiger partial charge in [0.05, 0.1) is 4.99 Å². The van der Waals surface area contributed by atoms with Crippen molar-refractivity contribution in [3.05, 3.63) is 35.4 Å². The molecule has 1 amide bonds. The van der Waals surface area contributed by atoms with Gasteiger partial charge < -0.3 is 15.7 Å². The standard InChI is InChI=1S/C14H16N2O3S/c15-12(20)8-9-3-1-4-10(7-9)13(17)16-6-2-5-11(16)14(18)19/h1,3-4,7,11H,2,5-6,8H2,(H2,15,20)(H,18,19). The van der Waals surface area contributed by atoms with Crippen LogP contribution in [-0.2, 0) is 11.2 Å². The third-order valence-corrected chi connectivity index (χ3v) is 3.50. The molecule has 0 bridgehead atoms. The van der Waals surface area contributed by atoms with Crippen LogP contribution < -0.4 is 5.73 Å². The van der Waals surface area contributed by atoms with Gasteiger partial charge in [-0.05, 0) is 30.5 Å².